The van der Waals surface area contributed by atoms with E-state index in [0.717, 1.165) is 25.1 Å². The van der Waals surface area contributed by atoms with Gasteiger partial charge in [-0.05, 0) is 48.2 Å². The molecule has 0 amide bonds. The molecule has 0 fully saturated rings. The molecule has 5 nitrogen and oxygen atoms in total. The third-order valence-electron chi connectivity index (χ3n) is 6.86. The quantitative estimate of drug-likeness (QED) is 0.174. The molecule has 40 heavy (non-hydrogen) atoms. The molecule has 0 heterocycles. The van der Waals surface area contributed by atoms with Crippen LogP contribution >= 0.6 is 0 Å². The molecule has 0 aliphatic rings. The van der Waals surface area contributed by atoms with Crippen LogP contribution in [0.15, 0.2) is 109 Å². The van der Waals surface area contributed by atoms with Crippen LogP contribution in [0.2, 0.25) is 0 Å². The molecule has 0 aromatic heterocycles. The van der Waals surface area contributed by atoms with Gasteiger partial charge in [0.05, 0.1) is 12.5 Å². The molecule has 0 bridgehead atoms. The third kappa shape index (κ3) is 8.68. The van der Waals surface area contributed by atoms with Crippen molar-refractivity contribution in [2.75, 3.05) is 20.0 Å². The van der Waals surface area contributed by atoms with Crippen LogP contribution in [-0.4, -0.2) is 42.0 Å². The first-order valence-electron chi connectivity index (χ1n) is 13.6. The van der Waals surface area contributed by atoms with Crippen molar-refractivity contribution in [1.82, 2.24) is 4.90 Å². The minimum absolute atomic E-state index is 0.0416. The maximum Gasteiger partial charge on any atom is 0.307 e. The Hall–Kier alpha value is -4.16. The molecular formula is C34H36FNO4. The number of carbonyl (C=O) groups is 1. The van der Waals surface area contributed by atoms with Crippen molar-refractivity contribution in [2.24, 2.45) is 0 Å². The number of rotatable bonds is 15. The normalized spacial score (nSPS) is 11.9. The fourth-order valence-electron chi connectivity index (χ4n) is 4.90. The Labute approximate surface area is 235 Å². The first-order chi connectivity index (χ1) is 19.5. The summed E-state index contributed by atoms with van der Waals surface area (Å²) in [6.07, 6.45) is 0.595. The van der Waals surface area contributed by atoms with E-state index >= 15 is 0 Å². The third-order valence-corrected chi connectivity index (χ3v) is 6.86. The second-order valence-electron chi connectivity index (χ2n) is 9.91. The molecule has 1 unspecified atom stereocenters. The van der Waals surface area contributed by atoms with Gasteiger partial charge >= 0.3 is 5.97 Å². The van der Waals surface area contributed by atoms with Crippen molar-refractivity contribution in [1.29, 1.82) is 0 Å². The average Bonchev–Trinajstić information content (AvgIpc) is 2.96. The number of halogens is 1. The van der Waals surface area contributed by atoms with Gasteiger partial charge in [0.2, 0.25) is 6.86 Å². The number of aliphatic carboxylic acids is 1. The standard InChI is InChI=1S/C34H36FNO4/c1-26(40-31-17-10-11-27(21-31)22-34(37)38)19-20-36(23-30-16-8-9-18-33(30)39-25-35)24-32(28-12-4-2-5-13-28)29-14-6-3-7-15-29/h2-18,21,26,32H,19-20,22-25H2,1H3,(H,37,38). The summed E-state index contributed by atoms with van der Waals surface area (Å²) in [5, 5.41) is 9.12. The fraction of sp³-hybridized carbons (Fsp3) is 0.265. The number of ether oxygens (including phenoxy) is 2. The van der Waals surface area contributed by atoms with E-state index in [9.17, 15) is 9.18 Å². The topological polar surface area (TPSA) is 59.0 Å². The van der Waals surface area contributed by atoms with Gasteiger partial charge in [-0.3, -0.25) is 9.69 Å². The second-order valence-corrected chi connectivity index (χ2v) is 9.91. The van der Waals surface area contributed by atoms with Gasteiger partial charge in [-0.25, -0.2) is 4.39 Å². The van der Waals surface area contributed by atoms with Crippen molar-refractivity contribution in [3.05, 3.63) is 131 Å². The predicted molar refractivity (Wildman–Crippen MR) is 156 cm³/mol. The van der Waals surface area contributed by atoms with Crippen LogP contribution in [0, 0.1) is 0 Å². The molecule has 0 saturated carbocycles. The van der Waals surface area contributed by atoms with E-state index in [-0.39, 0.29) is 18.4 Å². The number of hydrogen-bond donors (Lipinski definition) is 1. The van der Waals surface area contributed by atoms with Crippen LogP contribution in [-0.2, 0) is 17.8 Å². The lowest BCUT2D eigenvalue weighted by molar-refractivity contribution is -0.136. The molecule has 6 heteroatoms. The van der Waals surface area contributed by atoms with Gasteiger partial charge in [0.25, 0.3) is 0 Å². The summed E-state index contributed by atoms with van der Waals surface area (Å²) in [5.74, 6) is 0.473. The molecule has 0 radical (unpaired) electrons. The lowest BCUT2D eigenvalue weighted by Crippen LogP contribution is -2.32. The smallest absolute Gasteiger partial charge is 0.307 e. The minimum Gasteiger partial charge on any atom is -0.491 e. The van der Waals surface area contributed by atoms with Gasteiger partial charge in [0, 0.05) is 31.1 Å². The van der Waals surface area contributed by atoms with Crippen LogP contribution in [0.25, 0.3) is 0 Å². The molecule has 1 N–H and O–H groups in total. The van der Waals surface area contributed by atoms with Crippen LogP contribution in [0.5, 0.6) is 11.5 Å². The number of nitrogens with zero attached hydrogens (tertiary/aromatic N) is 1. The zero-order valence-corrected chi connectivity index (χ0v) is 22.8. The lowest BCUT2D eigenvalue weighted by atomic mass is 9.90. The van der Waals surface area contributed by atoms with Crippen LogP contribution in [0.3, 0.4) is 0 Å². The molecule has 4 rings (SSSR count). The minimum atomic E-state index is -0.876. The highest BCUT2D eigenvalue weighted by molar-refractivity contribution is 5.70. The highest BCUT2D eigenvalue weighted by atomic mass is 19.1. The summed E-state index contributed by atoms with van der Waals surface area (Å²) in [6, 6.07) is 35.8. The first-order valence-corrected chi connectivity index (χ1v) is 13.6. The van der Waals surface area contributed by atoms with E-state index in [1.54, 1.807) is 18.2 Å². The summed E-state index contributed by atoms with van der Waals surface area (Å²) in [4.78, 5) is 13.5. The molecule has 1 atom stereocenters. The number of benzene rings is 4. The predicted octanol–water partition coefficient (Wildman–Crippen LogP) is 7.11. The molecule has 4 aromatic rings. The second kappa shape index (κ2) is 14.8. The maximum atomic E-state index is 13.1. The molecular weight excluding hydrogens is 505 g/mol. The SMILES string of the molecule is CC(CCN(Cc1ccccc1OCF)CC(c1ccccc1)c1ccccc1)Oc1cccc(CC(=O)O)c1. The molecule has 0 aliphatic carbocycles. The number of carboxylic acids is 1. The Morgan fingerprint density at radius 1 is 0.875 bits per heavy atom. The summed E-state index contributed by atoms with van der Waals surface area (Å²) in [6.45, 7) is 3.22. The van der Waals surface area contributed by atoms with Crippen LogP contribution < -0.4 is 9.47 Å². The van der Waals surface area contributed by atoms with Gasteiger partial charge in [0.1, 0.15) is 11.5 Å². The fourth-order valence-corrected chi connectivity index (χ4v) is 4.90. The van der Waals surface area contributed by atoms with Gasteiger partial charge in [0.15, 0.2) is 0 Å². The highest BCUT2D eigenvalue weighted by Crippen LogP contribution is 2.28. The van der Waals surface area contributed by atoms with Gasteiger partial charge in [-0.2, -0.15) is 0 Å². The van der Waals surface area contributed by atoms with Crippen LogP contribution in [0.1, 0.15) is 41.5 Å². The van der Waals surface area contributed by atoms with E-state index in [2.05, 4.69) is 53.4 Å². The van der Waals surface area contributed by atoms with Crippen LogP contribution in [0.4, 0.5) is 4.39 Å². The number of para-hydroxylation sites is 1. The Morgan fingerprint density at radius 2 is 1.52 bits per heavy atom. The monoisotopic (exact) mass is 541 g/mol. The van der Waals surface area contributed by atoms with E-state index in [0.29, 0.717) is 23.6 Å². The van der Waals surface area contributed by atoms with Crippen molar-refractivity contribution in [2.45, 2.75) is 38.3 Å². The molecule has 208 valence electrons. The van der Waals surface area contributed by atoms with Gasteiger partial charge < -0.3 is 14.6 Å². The average molecular weight is 542 g/mol. The van der Waals surface area contributed by atoms with E-state index < -0.39 is 12.8 Å². The Morgan fingerprint density at radius 3 is 2.17 bits per heavy atom. The van der Waals surface area contributed by atoms with Gasteiger partial charge in [-0.15, -0.1) is 0 Å². The number of carboxylic acid groups (broad SMARTS) is 1. The maximum absolute atomic E-state index is 13.1. The molecule has 0 aliphatic heterocycles. The number of alkyl halides is 1. The van der Waals surface area contributed by atoms with Crippen molar-refractivity contribution >= 4 is 5.97 Å². The van der Waals surface area contributed by atoms with Crippen molar-refractivity contribution in [3.8, 4) is 11.5 Å². The van der Waals surface area contributed by atoms with E-state index in [4.69, 9.17) is 14.6 Å². The largest absolute Gasteiger partial charge is 0.491 e. The Kier molecular flexibility index (Phi) is 10.7. The summed E-state index contributed by atoms with van der Waals surface area (Å²) in [7, 11) is 0. The Balaban J connectivity index is 1.54. The van der Waals surface area contributed by atoms with E-state index in [1.165, 1.54) is 11.1 Å². The molecule has 4 aromatic carbocycles. The lowest BCUT2D eigenvalue weighted by Gasteiger charge is -2.30. The summed E-state index contributed by atoms with van der Waals surface area (Å²) < 4.78 is 24.6. The van der Waals surface area contributed by atoms with Crippen molar-refractivity contribution < 1.29 is 23.8 Å². The zero-order chi connectivity index (χ0) is 28.2. The Bertz CT molecular complexity index is 1290. The molecule has 0 spiro atoms. The summed E-state index contributed by atoms with van der Waals surface area (Å²) >= 11 is 0. The number of hydrogen-bond acceptors (Lipinski definition) is 4. The molecule has 0 saturated heterocycles. The first kappa shape index (κ1) is 28.8. The van der Waals surface area contributed by atoms with Gasteiger partial charge in [-0.1, -0.05) is 91.0 Å². The highest BCUT2D eigenvalue weighted by Gasteiger charge is 2.20. The summed E-state index contributed by atoms with van der Waals surface area (Å²) in [5.41, 5.74) is 4.09. The zero-order valence-electron chi connectivity index (χ0n) is 22.8. The van der Waals surface area contributed by atoms with E-state index in [1.807, 2.05) is 49.4 Å². The van der Waals surface area contributed by atoms with Crippen molar-refractivity contribution in [3.63, 3.8) is 0 Å².